The lowest BCUT2D eigenvalue weighted by molar-refractivity contribution is -0.144. The molecule has 30 heavy (non-hydrogen) atoms. The maximum absolute atomic E-state index is 13.5. The van der Waals surface area contributed by atoms with Crippen LogP contribution in [-0.4, -0.2) is 28.7 Å². The highest BCUT2D eigenvalue weighted by atomic mass is 16.6. The third-order valence-corrected chi connectivity index (χ3v) is 7.17. The van der Waals surface area contributed by atoms with E-state index in [1.807, 2.05) is 11.0 Å². The van der Waals surface area contributed by atoms with Gasteiger partial charge in [-0.15, -0.1) is 0 Å². The van der Waals surface area contributed by atoms with E-state index in [1.165, 1.54) is 5.56 Å². The maximum atomic E-state index is 13.5. The molecule has 4 nitrogen and oxygen atoms in total. The minimum atomic E-state index is -0.622. The second-order valence-corrected chi connectivity index (χ2v) is 9.37. The third kappa shape index (κ3) is 4.16. The molecule has 3 atom stereocenters. The van der Waals surface area contributed by atoms with Gasteiger partial charge in [-0.05, 0) is 68.9 Å². The van der Waals surface area contributed by atoms with Crippen LogP contribution in [0, 0.1) is 5.92 Å². The van der Waals surface area contributed by atoms with Crippen LogP contribution in [0.1, 0.15) is 90.2 Å². The van der Waals surface area contributed by atoms with E-state index < -0.39 is 5.60 Å². The fraction of sp³-hybridized carbons (Fsp3) is 0.654. The van der Waals surface area contributed by atoms with Crippen LogP contribution in [0.5, 0.6) is 0 Å². The van der Waals surface area contributed by atoms with Crippen molar-refractivity contribution in [2.75, 3.05) is 0 Å². The molecule has 1 amide bonds. The normalized spacial score (nSPS) is 32.5. The number of nitrogens with zero attached hydrogens (tertiary/aromatic N) is 1. The number of rotatable bonds is 7. The molecule has 164 valence electrons. The highest BCUT2D eigenvalue weighted by molar-refractivity contribution is 5.88. The summed E-state index contributed by atoms with van der Waals surface area (Å²) >= 11 is 0. The van der Waals surface area contributed by atoms with Crippen LogP contribution in [0.4, 0.5) is 0 Å². The van der Waals surface area contributed by atoms with Crippen molar-refractivity contribution in [2.24, 2.45) is 5.92 Å². The predicted molar refractivity (Wildman–Crippen MR) is 119 cm³/mol. The van der Waals surface area contributed by atoms with Crippen molar-refractivity contribution in [3.63, 3.8) is 0 Å². The van der Waals surface area contributed by atoms with Crippen LogP contribution in [0.3, 0.4) is 0 Å². The lowest BCUT2D eigenvalue weighted by Crippen LogP contribution is -2.45. The number of benzene rings is 1. The smallest absolute Gasteiger partial charge is 0.257 e. The first-order valence-electron chi connectivity index (χ1n) is 12.0. The molecule has 1 aromatic rings. The highest BCUT2D eigenvalue weighted by Crippen LogP contribution is 2.49. The molecule has 2 aliphatic heterocycles. The maximum Gasteiger partial charge on any atom is 0.257 e. The Bertz CT molecular complexity index is 751. The van der Waals surface area contributed by atoms with E-state index in [1.54, 1.807) is 0 Å². The first kappa shape index (κ1) is 21.4. The number of amides is 1. The van der Waals surface area contributed by atoms with Gasteiger partial charge in [-0.3, -0.25) is 4.79 Å². The van der Waals surface area contributed by atoms with Gasteiger partial charge < -0.3 is 14.4 Å². The Morgan fingerprint density at radius 3 is 2.60 bits per heavy atom. The van der Waals surface area contributed by atoms with E-state index in [4.69, 9.17) is 9.47 Å². The van der Waals surface area contributed by atoms with Crippen LogP contribution in [-0.2, 0) is 14.3 Å². The second kappa shape index (κ2) is 9.13. The summed E-state index contributed by atoms with van der Waals surface area (Å²) < 4.78 is 12.9. The van der Waals surface area contributed by atoms with E-state index in [2.05, 4.69) is 51.1 Å². The number of ether oxygens (including phenoxy) is 2. The number of hydrogen-bond donors (Lipinski definition) is 0. The summed E-state index contributed by atoms with van der Waals surface area (Å²) in [5, 5.41) is 0. The fourth-order valence-corrected chi connectivity index (χ4v) is 5.30. The summed E-state index contributed by atoms with van der Waals surface area (Å²) in [6, 6.07) is 10.6. The largest absolute Gasteiger partial charge is 0.495 e. The van der Waals surface area contributed by atoms with Crippen LogP contribution in [0.25, 0.3) is 0 Å². The fourth-order valence-electron chi connectivity index (χ4n) is 5.30. The minimum Gasteiger partial charge on any atom is -0.495 e. The quantitative estimate of drug-likeness (QED) is 0.506. The van der Waals surface area contributed by atoms with Gasteiger partial charge >= 0.3 is 0 Å². The zero-order chi connectivity index (χ0) is 21.1. The number of carbonyl (C=O) groups is 1. The molecular formula is C26H37NO3. The minimum absolute atomic E-state index is 0.0545. The first-order valence-corrected chi connectivity index (χ1v) is 12.0. The lowest BCUT2D eigenvalue weighted by atomic mass is 9.82. The van der Waals surface area contributed by atoms with E-state index in [-0.39, 0.29) is 24.3 Å². The van der Waals surface area contributed by atoms with Gasteiger partial charge in [0.1, 0.15) is 11.8 Å². The highest BCUT2D eigenvalue weighted by Gasteiger charge is 2.58. The van der Waals surface area contributed by atoms with Gasteiger partial charge in [0.15, 0.2) is 0 Å². The van der Waals surface area contributed by atoms with Crippen molar-refractivity contribution in [1.29, 1.82) is 0 Å². The van der Waals surface area contributed by atoms with E-state index in [9.17, 15) is 4.79 Å². The first-order chi connectivity index (χ1) is 14.6. The van der Waals surface area contributed by atoms with Gasteiger partial charge in [-0.1, -0.05) is 51.1 Å². The monoisotopic (exact) mass is 411 g/mol. The molecule has 3 unspecified atom stereocenters. The van der Waals surface area contributed by atoms with Gasteiger partial charge in [0.2, 0.25) is 0 Å². The molecule has 4 rings (SSSR count). The Labute approximate surface area is 181 Å². The zero-order valence-electron chi connectivity index (χ0n) is 18.8. The Morgan fingerprint density at radius 1 is 1.20 bits per heavy atom. The summed E-state index contributed by atoms with van der Waals surface area (Å²) in [5.74, 6) is 1.89. The Kier molecular flexibility index (Phi) is 6.52. The molecule has 3 aliphatic rings. The van der Waals surface area contributed by atoms with Gasteiger partial charge in [0, 0.05) is 6.42 Å². The molecule has 3 fully saturated rings. The van der Waals surface area contributed by atoms with Crippen molar-refractivity contribution in [2.45, 2.75) is 103 Å². The Morgan fingerprint density at radius 2 is 1.93 bits per heavy atom. The molecule has 1 aromatic carbocycles. The van der Waals surface area contributed by atoms with Crippen LogP contribution in [0.15, 0.2) is 42.2 Å². The van der Waals surface area contributed by atoms with Gasteiger partial charge in [0.05, 0.1) is 17.9 Å². The standard InChI is InChI=1S/C26H37NO3/c1-4-9-22(18-19(3)5-2)29-21-14-16-26(17-15-21)25(28)27-23(12-13-24(27)30-26)20-10-7-6-8-11-20/h6-8,10-11,18-19,21,23-24H,4-5,9,12-17H2,1-3H3/b22-18+. The predicted octanol–water partition coefficient (Wildman–Crippen LogP) is 6.13. The van der Waals surface area contributed by atoms with Crippen molar-refractivity contribution in [1.82, 2.24) is 4.90 Å². The molecule has 0 radical (unpaired) electrons. The Balaban J connectivity index is 1.40. The van der Waals surface area contributed by atoms with Gasteiger partial charge in [-0.2, -0.15) is 0 Å². The van der Waals surface area contributed by atoms with Crippen molar-refractivity contribution >= 4 is 5.91 Å². The molecule has 0 bridgehead atoms. The SMILES string of the molecule is CCC/C(=C\C(C)CC)OC1CCC2(CC1)OC1CCC(c3ccccc3)N1C2=O. The van der Waals surface area contributed by atoms with Crippen molar-refractivity contribution < 1.29 is 14.3 Å². The zero-order valence-corrected chi connectivity index (χ0v) is 18.8. The third-order valence-electron chi connectivity index (χ3n) is 7.17. The Hall–Kier alpha value is -1.81. The van der Waals surface area contributed by atoms with Crippen molar-refractivity contribution in [3.8, 4) is 0 Å². The molecule has 1 saturated carbocycles. The van der Waals surface area contributed by atoms with E-state index >= 15 is 0 Å². The molecule has 2 heterocycles. The van der Waals surface area contributed by atoms with Crippen molar-refractivity contribution in [3.05, 3.63) is 47.7 Å². The molecule has 0 aromatic heterocycles. The average Bonchev–Trinajstić information content (AvgIpc) is 3.29. The van der Waals surface area contributed by atoms with E-state index in [0.29, 0.717) is 5.92 Å². The topological polar surface area (TPSA) is 38.8 Å². The molecule has 4 heteroatoms. The summed E-state index contributed by atoms with van der Waals surface area (Å²) in [4.78, 5) is 15.6. The number of carbonyl (C=O) groups excluding carboxylic acids is 1. The van der Waals surface area contributed by atoms with Gasteiger partial charge in [-0.25, -0.2) is 0 Å². The molecular weight excluding hydrogens is 374 g/mol. The van der Waals surface area contributed by atoms with Crippen LogP contribution < -0.4 is 0 Å². The summed E-state index contributed by atoms with van der Waals surface area (Å²) in [5.41, 5.74) is 0.606. The molecule has 1 spiro atoms. The van der Waals surface area contributed by atoms with Crippen LogP contribution >= 0.6 is 0 Å². The lowest BCUT2D eigenvalue weighted by Gasteiger charge is -2.36. The number of allylic oxidation sites excluding steroid dienone is 2. The molecule has 2 saturated heterocycles. The van der Waals surface area contributed by atoms with Crippen LogP contribution in [0.2, 0.25) is 0 Å². The summed E-state index contributed by atoms with van der Waals surface area (Å²) in [6.45, 7) is 6.66. The average molecular weight is 412 g/mol. The molecule has 0 N–H and O–H groups in total. The number of hydrogen-bond acceptors (Lipinski definition) is 3. The summed E-state index contributed by atoms with van der Waals surface area (Å²) in [7, 11) is 0. The second-order valence-electron chi connectivity index (χ2n) is 9.37. The summed E-state index contributed by atoms with van der Waals surface area (Å²) in [6.07, 6.45) is 10.9. The number of fused-ring (bicyclic) bond motifs is 1. The van der Waals surface area contributed by atoms with E-state index in [0.717, 1.165) is 63.5 Å². The molecule has 1 aliphatic carbocycles. The van der Waals surface area contributed by atoms with Gasteiger partial charge in [0.25, 0.3) is 5.91 Å².